The zero-order valence-electron chi connectivity index (χ0n) is 18.2. The van der Waals surface area contributed by atoms with Crippen LogP contribution >= 0.6 is 22.9 Å². The lowest BCUT2D eigenvalue weighted by Gasteiger charge is -2.10. The zero-order chi connectivity index (χ0) is 22.7. The number of aryl methyl sites for hydroxylation is 3. The number of carbonyl (C=O) groups excluding carboxylic acids is 1. The number of ether oxygens (including phenoxy) is 1. The maximum atomic E-state index is 12.7. The molecule has 164 valence electrons. The van der Waals surface area contributed by atoms with Gasteiger partial charge in [0, 0.05) is 11.8 Å². The van der Waals surface area contributed by atoms with Crippen molar-refractivity contribution in [2.45, 2.75) is 33.9 Å². The first-order chi connectivity index (χ1) is 15.4. The minimum atomic E-state index is -0.240. The molecule has 4 aromatic rings. The van der Waals surface area contributed by atoms with E-state index in [4.69, 9.17) is 16.3 Å². The van der Waals surface area contributed by atoms with Crippen LogP contribution in [0.15, 0.2) is 60.1 Å². The van der Waals surface area contributed by atoms with Crippen LogP contribution in [-0.4, -0.2) is 15.7 Å². The van der Waals surface area contributed by atoms with E-state index in [1.54, 1.807) is 10.9 Å². The monoisotopic (exact) mass is 465 g/mol. The van der Waals surface area contributed by atoms with Crippen molar-refractivity contribution in [2.75, 3.05) is 5.32 Å². The summed E-state index contributed by atoms with van der Waals surface area (Å²) in [6.45, 7) is 7.08. The van der Waals surface area contributed by atoms with Gasteiger partial charge in [-0.15, -0.1) is 11.3 Å². The van der Waals surface area contributed by atoms with Gasteiger partial charge < -0.3 is 10.1 Å². The van der Waals surface area contributed by atoms with E-state index in [-0.39, 0.29) is 5.91 Å². The van der Waals surface area contributed by atoms with Crippen molar-refractivity contribution >= 4 is 34.7 Å². The summed E-state index contributed by atoms with van der Waals surface area (Å²) in [5.41, 5.74) is 5.43. The summed E-state index contributed by atoms with van der Waals surface area (Å²) in [5.74, 6) is 0.998. The predicted octanol–water partition coefficient (Wildman–Crippen LogP) is 6.40. The van der Waals surface area contributed by atoms with Gasteiger partial charge in [0.15, 0.2) is 5.82 Å². The summed E-state index contributed by atoms with van der Waals surface area (Å²) in [6.07, 6.45) is 1.72. The van der Waals surface area contributed by atoms with Gasteiger partial charge in [0.2, 0.25) is 0 Å². The molecule has 0 radical (unpaired) electrons. The fourth-order valence-corrected chi connectivity index (χ4v) is 4.47. The molecule has 0 aliphatic heterocycles. The molecule has 0 atom stereocenters. The molecule has 0 aliphatic carbocycles. The molecule has 0 aliphatic rings. The van der Waals surface area contributed by atoms with E-state index in [1.165, 1.54) is 16.9 Å². The molecule has 2 heterocycles. The number of nitrogens with zero attached hydrogens (tertiary/aromatic N) is 2. The number of anilines is 1. The third-order valence-corrected chi connectivity index (χ3v) is 6.30. The summed E-state index contributed by atoms with van der Waals surface area (Å²) < 4.78 is 7.72. The first-order valence-electron chi connectivity index (χ1n) is 10.3. The molecule has 0 spiro atoms. The van der Waals surface area contributed by atoms with Crippen molar-refractivity contribution in [2.24, 2.45) is 0 Å². The molecule has 2 aromatic heterocycles. The summed E-state index contributed by atoms with van der Waals surface area (Å²) in [6, 6.07) is 16.1. The number of nitrogens with one attached hydrogen (secondary N) is 1. The Labute approximate surface area is 196 Å². The molecular weight excluding hydrogens is 442 g/mol. The van der Waals surface area contributed by atoms with Crippen LogP contribution in [0.3, 0.4) is 0 Å². The van der Waals surface area contributed by atoms with Crippen molar-refractivity contribution < 1.29 is 9.53 Å². The fourth-order valence-electron chi connectivity index (χ4n) is 3.48. The standard InChI is InChI=1S/C25H24ClN3O2S/c1-16-6-4-9-19(10-16)12-29-13-21(26)24(28-29)27-25(30)22-11-20(15-32-22)14-31-23-17(2)7-5-8-18(23)3/h4-11,13,15H,12,14H2,1-3H3,(H,27,28,30). The van der Waals surface area contributed by atoms with Gasteiger partial charge in [-0.1, -0.05) is 59.6 Å². The molecule has 1 N–H and O–H groups in total. The summed E-state index contributed by atoms with van der Waals surface area (Å²) in [4.78, 5) is 13.3. The van der Waals surface area contributed by atoms with Gasteiger partial charge in [0.25, 0.3) is 5.91 Å². The van der Waals surface area contributed by atoms with Gasteiger partial charge in [-0.25, -0.2) is 0 Å². The molecule has 0 unspecified atom stereocenters. The van der Waals surface area contributed by atoms with E-state index in [0.717, 1.165) is 28.0 Å². The molecule has 7 heteroatoms. The Morgan fingerprint density at radius 2 is 1.84 bits per heavy atom. The van der Waals surface area contributed by atoms with Gasteiger partial charge in [-0.05, 0) is 48.9 Å². The molecular formula is C25H24ClN3O2S. The van der Waals surface area contributed by atoms with Crippen LogP contribution in [0.5, 0.6) is 5.75 Å². The number of hydrogen-bond donors (Lipinski definition) is 1. The highest BCUT2D eigenvalue weighted by molar-refractivity contribution is 7.12. The number of rotatable bonds is 7. The van der Waals surface area contributed by atoms with E-state index in [1.807, 2.05) is 68.6 Å². The van der Waals surface area contributed by atoms with Crippen molar-refractivity contribution in [3.05, 3.63) is 97.8 Å². The topological polar surface area (TPSA) is 56.2 Å². The summed E-state index contributed by atoms with van der Waals surface area (Å²) >= 11 is 7.68. The number of amides is 1. The highest BCUT2D eigenvalue weighted by Crippen LogP contribution is 2.26. The molecule has 0 saturated carbocycles. The number of halogens is 1. The number of hydrogen-bond acceptors (Lipinski definition) is 4. The molecule has 0 bridgehead atoms. The van der Waals surface area contributed by atoms with Crippen LogP contribution in [-0.2, 0) is 13.2 Å². The van der Waals surface area contributed by atoms with Crippen LogP contribution in [0.25, 0.3) is 0 Å². The first kappa shape index (κ1) is 22.1. The second kappa shape index (κ2) is 9.59. The van der Waals surface area contributed by atoms with Crippen LogP contribution in [0.4, 0.5) is 5.82 Å². The lowest BCUT2D eigenvalue weighted by atomic mass is 10.1. The second-order valence-electron chi connectivity index (χ2n) is 7.80. The molecule has 5 nitrogen and oxygen atoms in total. The van der Waals surface area contributed by atoms with Crippen molar-refractivity contribution in [3.63, 3.8) is 0 Å². The van der Waals surface area contributed by atoms with Gasteiger partial charge >= 0.3 is 0 Å². The van der Waals surface area contributed by atoms with E-state index < -0.39 is 0 Å². The number of aromatic nitrogens is 2. The minimum Gasteiger partial charge on any atom is -0.488 e. The highest BCUT2D eigenvalue weighted by Gasteiger charge is 2.15. The summed E-state index contributed by atoms with van der Waals surface area (Å²) in [5, 5.41) is 9.59. The predicted molar refractivity (Wildman–Crippen MR) is 130 cm³/mol. The average Bonchev–Trinajstić information content (AvgIpc) is 3.34. The van der Waals surface area contributed by atoms with Crippen molar-refractivity contribution in [3.8, 4) is 5.75 Å². The average molecular weight is 466 g/mol. The van der Waals surface area contributed by atoms with Crippen LogP contribution < -0.4 is 10.1 Å². The van der Waals surface area contributed by atoms with Gasteiger partial charge in [-0.3, -0.25) is 9.48 Å². The van der Waals surface area contributed by atoms with E-state index >= 15 is 0 Å². The van der Waals surface area contributed by atoms with Gasteiger partial charge in [-0.2, -0.15) is 5.10 Å². The third-order valence-electron chi connectivity index (χ3n) is 5.05. The quantitative estimate of drug-likeness (QED) is 0.343. The lowest BCUT2D eigenvalue weighted by molar-refractivity contribution is 0.103. The largest absolute Gasteiger partial charge is 0.488 e. The molecule has 0 fully saturated rings. The fraction of sp³-hybridized carbons (Fsp3) is 0.200. The maximum absolute atomic E-state index is 12.7. The van der Waals surface area contributed by atoms with E-state index in [0.29, 0.717) is 28.9 Å². The Kier molecular flexibility index (Phi) is 6.63. The number of para-hydroxylation sites is 1. The Morgan fingerprint density at radius 1 is 1.09 bits per heavy atom. The number of benzene rings is 2. The normalized spacial score (nSPS) is 10.9. The Bertz CT molecular complexity index is 1240. The van der Waals surface area contributed by atoms with E-state index in [9.17, 15) is 4.79 Å². The Hall–Kier alpha value is -3.09. The van der Waals surface area contributed by atoms with Crippen molar-refractivity contribution in [1.82, 2.24) is 9.78 Å². The van der Waals surface area contributed by atoms with E-state index in [2.05, 4.69) is 16.5 Å². The van der Waals surface area contributed by atoms with Crippen LogP contribution in [0, 0.1) is 20.8 Å². The van der Waals surface area contributed by atoms with Crippen molar-refractivity contribution in [1.29, 1.82) is 0 Å². The number of thiophene rings is 1. The molecule has 32 heavy (non-hydrogen) atoms. The molecule has 2 aromatic carbocycles. The SMILES string of the molecule is Cc1cccc(Cn2cc(Cl)c(NC(=O)c3cc(COc4c(C)cccc4C)cs3)n2)c1. The first-order valence-corrected chi connectivity index (χ1v) is 11.5. The van der Waals surface area contributed by atoms with Crippen LogP contribution in [0.2, 0.25) is 5.02 Å². The van der Waals surface area contributed by atoms with Gasteiger partial charge in [0.1, 0.15) is 17.4 Å². The molecule has 4 rings (SSSR count). The van der Waals surface area contributed by atoms with Gasteiger partial charge in [0.05, 0.1) is 11.4 Å². The smallest absolute Gasteiger partial charge is 0.266 e. The molecule has 1 amide bonds. The Balaban J connectivity index is 1.39. The zero-order valence-corrected chi connectivity index (χ0v) is 19.8. The second-order valence-corrected chi connectivity index (χ2v) is 9.11. The minimum absolute atomic E-state index is 0.240. The summed E-state index contributed by atoms with van der Waals surface area (Å²) in [7, 11) is 0. The highest BCUT2D eigenvalue weighted by atomic mass is 35.5. The molecule has 0 saturated heterocycles. The third kappa shape index (κ3) is 5.21. The number of carbonyl (C=O) groups is 1. The lowest BCUT2D eigenvalue weighted by Crippen LogP contribution is -2.11. The maximum Gasteiger partial charge on any atom is 0.266 e. The van der Waals surface area contributed by atoms with Crippen LogP contribution in [0.1, 0.15) is 37.5 Å². The Morgan fingerprint density at radius 3 is 2.59 bits per heavy atom.